The van der Waals surface area contributed by atoms with Gasteiger partial charge in [0, 0.05) is 13.1 Å². The molecule has 0 aromatic heterocycles. The molecule has 74 valence electrons. The molecule has 1 rings (SSSR count). The normalized spacial score (nSPS) is 22.2. The van der Waals surface area contributed by atoms with Crippen LogP contribution in [0.3, 0.4) is 0 Å². The lowest BCUT2D eigenvalue weighted by atomic mass is 10.2. The first-order valence-electron chi connectivity index (χ1n) is 3.44. The second-order valence-electron chi connectivity index (χ2n) is 2.44. The molecule has 12 heavy (non-hydrogen) atoms. The lowest BCUT2D eigenvalue weighted by molar-refractivity contribution is -0.139. The van der Waals surface area contributed by atoms with Crippen LogP contribution in [-0.2, 0) is 4.74 Å². The zero-order valence-corrected chi connectivity index (χ0v) is 7.12. The molecule has 0 amide bonds. The van der Waals surface area contributed by atoms with Crippen LogP contribution in [0.25, 0.3) is 0 Å². The van der Waals surface area contributed by atoms with Gasteiger partial charge in [0.25, 0.3) is 0 Å². The van der Waals surface area contributed by atoms with Crippen molar-refractivity contribution in [3.8, 4) is 0 Å². The van der Waals surface area contributed by atoms with E-state index in [0.29, 0.717) is 13.1 Å². The summed E-state index contributed by atoms with van der Waals surface area (Å²) in [6.45, 7) is -0.305. The van der Waals surface area contributed by atoms with E-state index in [9.17, 15) is 13.2 Å². The summed E-state index contributed by atoms with van der Waals surface area (Å²) in [7, 11) is 0. The van der Waals surface area contributed by atoms with E-state index in [1.807, 2.05) is 0 Å². The summed E-state index contributed by atoms with van der Waals surface area (Å²) in [5.41, 5.74) is 0. The fourth-order valence-electron chi connectivity index (χ4n) is 0.698. The third-order valence-electron chi connectivity index (χ3n) is 1.50. The van der Waals surface area contributed by atoms with Gasteiger partial charge in [-0.1, -0.05) is 0 Å². The molecule has 0 spiro atoms. The number of nitrogens with one attached hydrogen (secondary N) is 1. The number of rotatable bonds is 4. The van der Waals surface area contributed by atoms with E-state index in [-0.39, 0.29) is 18.5 Å². The first kappa shape index (κ1) is 12.0. The molecule has 1 N–H and O–H groups in total. The van der Waals surface area contributed by atoms with Crippen LogP contribution in [0.15, 0.2) is 0 Å². The van der Waals surface area contributed by atoms with Gasteiger partial charge in [-0.3, -0.25) is 0 Å². The van der Waals surface area contributed by atoms with Crippen LogP contribution in [0.4, 0.5) is 13.2 Å². The van der Waals surface area contributed by atoms with Gasteiger partial charge >= 0.3 is 0 Å². The molecule has 2 atom stereocenters. The molecule has 0 radical (unpaired) electrons. The zero-order valence-electron chi connectivity index (χ0n) is 6.30. The van der Waals surface area contributed by atoms with Gasteiger partial charge in [-0.15, -0.1) is 12.4 Å². The van der Waals surface area contributed by atoms with Crippen LogP contribution in [0.2, 0.25) is 0 Å². The SMILES string of the molecule is Cl.FCC(F)C(F)OC1CNC1. The fraction of sp³-hybridized carbons (Fsp3) is 1.00. The fourth-order valence-corrected chi connectivity index (χ4v) is 0.698. The van der Waals surface area contributed by atoms with E-state index in [0.717, 1.165) is 0 Å². The molecular weight excluding hydrogens is 195 g/mol. The summed E-state index contributed by atoms with van der Waals surface area (Å²) in [5.74, 6) is 0. The van der Waals surface area contributed by atoms with E-state index in [1.165, 1.54) is 0 Å². The van der Waals surface area contributed by atoms with Gasteiger partial charge < -0.3 is 10.1 Å². The highest BCUT2D eigenvalue weighted by atomic mass is 35.5. The quantitative estimate of drug-likeness (QED) is 0.740. The van der Waals surface area contributed by atoms with Crippen LogP contribution >= 0.6 is 12.4 Å². The van der Waals surface area contributed by atoms with Crippen molar-refractivity contribution in [3.63, 3.8) is 0 Å². The van der Waals surface area contributed by atoms with Gasteiger partial charge in [0.2, 0.25) is 6.36 Å². The smallest absolute Gasteiger partial charge is 0.233 e. The molecule has 6 heteroatoms. The van der Waals surface area contributed by atoms with Crippen LogP contribution in [0.5, 0.6) is 0 Å². The molecular formula is C6H11ClF3NO. The molecule has 2 nitrogen and oxygen atoms in total. The summed E-state index contributed by atoms with van der Waals surface area (Å²) >= 11 is 0. The average Bonchev–Trinajstić information content (AvgIpc) is 1.94. The van der Waals surface area contributed by atoms with Gasteiger partial charge in [0.15, 0.2) is 6.17 Å². The van der Waals surface area contributed by atoms with Crippen molar-refractivity contribution >= 4 is 12.4 Å². The summed E-state index contributed by atoms with van der Waals surface area (Å²) in [5, 5.41) is 2.82. The Bertz CT molecular complexity index is 125. The highest BCUT2D eigenvalue weighted by molar-refractivity contribution is 5.85. The van der Waals surface area contributed by atoms with Gasteiger partial charge in [-0.25, -0.2) is 13.2 Å². The van der Waals surface area contributed by atoms with Crippen molar-refractivity contribution in [1.82, 2.24) is 5.32 Å². The average molecular weight is 206 g/mol. The number of halogens is 4. The van der Waals surface area contributed by atoms with Crippen molar-refractivity contribution in [1.29, 1.82) is 0 Å². The topological polar surface area (TPSA) is 21.3 Å². The molecule has 0 aromatic rings. The van der Waals surface area contributed by atoms with Gasteiger partial charge in [0.1, 0.15) is 6.67 Å². The Labute approximate surface area is 74.9 Å². The minimum absolute atomic E-state index is 0. The Morgan fingerprint density at radius 1 is 1.42 bits per heavy atom. The predicted molar refractivity (Wildman–Crippen MR) is 40.8 cm³/mol. The molecule has 1 aliphatic heterocycles. The number of hydrogen-bond donors (Lipinski definition) is 1. The minimum Gasteiger partial charge on any atom is -0.340 e. The molecule has 1 aliphatic rings. The van der Waals surface area contributed by atoms with Crippen LogP contribution in [0, 0.1) is 0 Å². The first-order chi connectivity index (χ1) is 5.24. The van der Waals surface area contributed by atoms with Gasteiger partial charge in [-0.05, 0) is 0 Å². The molecule has 2 unspecified atom stereocenters. The maximum atomic E-state index is 12.4. The number of alkyl halides is 3. The van der Waals surface area contributed by atoms with Crippen LogP contribution < -0.4 is 5.32 Å². The van der Waals surface area contributed by atoms with Crippen molar-refractivity contribution in [2.45, 2.75) is 18.6 Å². The second kappa shape index (κ2) is 5.61. The van der Waals surface area contributed by atoms with Crippen molar-refractivity contribution in [2.75, 3.05) is 19.8 Å². The highest BCUT2D eigenvalue weighted by Crippen LogP contribution is 2.11. The van der Waals surface area contributed by atoms with Gasteiger partial charge in [-0.2, -0.15) is 0 Å². The van der Waals surface area contributed by atoms with E-state index < -0.39 is 19.2 Å². The highest BCUT2D eigenvalue weighted by Gasteiger charge is 2.27. The molecule has 1 fully saturated rings. The molecule has 0 aromatic carbocycles. The lowest BCUT2D eigenvalue weighted by Crippen LogP contribution is -2.50. The molecule has 1 saturated heterocycles. The van der Waals surface area contributed by atoms with E-state index >= 15 is 0 Å². The monoisotopic (exact) mass is 205 g/mol. The second-order valence-corrected chi connectivity index (χ2v) is 2.44. The number of ether oxygens (including phenoxy) is 1. The van der Waals surface area contributed by atoms with E-state index in [1.54, 1.807) is 0 Å². The third-order valence-corrected chi connectivity index (χ3v) is 1.50. The van der Waals surface area contributed by atoms with Crippen LogP contribution in [-0.4, -0.2) is 38.4 Å². The molecule has 1 heterocycles. The summed E-state index contributed by atoms with van der Waals surface area (Å²) in [4.78, 5) is 0. The molecule has 0 saturated carbocycles. The summed E-state index contributed by atoms with van der Waals surface area (Å²) in [6, 6.07) is 0. The standard InChI is InChI=1S/C6H10F3NO.ClH/c7-1-5(8)6(9)11-4-2-10-3-4;/h4-6,10H,1-3H2;1H. The Kier molecular flexibility index (Phi) is 5.61. The van der Waals surface area contributed by atoms with E-state index in [4.69, 9.17) is 0 Å². The largest absolute Gasteiger partial charge is 0.340 e. The van der Waals surface area contributed by atoms with Crippen molar-refractivity contribution in [3.05, 3.63) is 0 Å². The maximum Gasteiger partial charge on any atom is 0.233 e. The van der Waals surface area contributed by atoms with E-state index in [2.05, 4.69) is 10.1 Å². The molecule has 0 bridgehead atoms. The summed E-state index contributed by atoms with van der Waals surface area (Å²) in [6.07, 6.45) is -4.56. The predicted octanol–water partition coefficient (Wildman–Crippen LogP) is 1.000. The maximum absolute atomic E-state index is 12.4. The number of hydrogen-bond acceptors (Lipinski definition) is 2. The van der Waals surface area contributed by atoms with Crippen molar-refractivity contribution in [2.24, 2.45) is 0 Å². The lowest BCUT2D eigenvalue weighted by Gasteiger charge is -2.28. The Morgan fingerprint density at radius 3 is 2.33 bits per heavy atom. The Morgan fingerprint density at radius 2 is 2.00 bits per heavy atom. The Hall–Kier alpha value is -0.0000000000000000416. The molecule has 0 aliphatic carbocycles. The van der Waals surface area contributed by atoms with Crippen molar-refractivity contribution < 1.29 is 17.9 Å². The van der Waals surface area contributed by atoms with Gasteiger partial charge in [0.05, 0.1) is 6.10 Å². The Balaban J connectivity index is 0.00000121. The first-order valence-corrected chi connectivity index (χ1v) is 3.44. The summed E-state index contributed by atoms with van der Waals surface area (Å²) < 4.78 is 40.5. The zero-order chi connectivity index (χ0) is 8.27. The minimum atomic E-state index is -2.14. The third kappa shape index (κ3) is 3.16. The van der Waals surface area contributed by atoms with Crippen LogP contribution in [0.1, 0.15) is 0 Å².